The molecule has 2 aromatic rings. The summed E-state index contributed by atoms with van der Waals surface area (Å²) < 4.78 is 5.84. The zero-order valence-corrected chi connectivity index (χ0v) is 12.0. The molecule has 1 amide bonds. The maximum atomic E-state index is 12.7. The van der Waals surface area contributed by atoms with Crippen LogP contribution >= 0.6 is 0 Å². The molecule has 1 aliphatic heterocycles. The van der Waals surface area contributed by atoms with E-state index in [1.807, 2.05) is 61.5 Å². The van der Waals surface area contributed by atoms with Crippen LogP contribution in [0.2, 0.25) is 0 Å². The second-order valence-electron chi connectivity index (χ2n) is 4.90. The Labute approximate surface area is 124 Å². The predicted octanol–water partition coefficient (Wildman–Crippen LogP) is 2.91. The summed E-state index contributed by atoms with van der Waals surface area (Å²) in [5, 5.41) is 3.25. The van der Waals surface area contributed by atoms with E-state index >= 15 is 0 Å². The Balaban J connectivity index is 1.79. The lowest BCUT2D eigenvalue weighted by Gasteiger charge is -2.30. The van der Waals surface area contributed by atoms with Gasteiger partial charge in [0.1, 0.15) is 5.75 Å². The Bertz CT molecular complexity index is 628. The van der Waals surface area contributed by atoms with Crippen LogP contribution in [0.3, 0.4) is 0 Å². The van der Waals surface area contributed by atoms with E-state index in [4.69, 9.17) is 4.74 Å². The minimum atomic E-state index is -0.500. The van der Waals surface area contributed by atoms with E-state index < -0.39 is 6.10 Å². The summed E-state index contributed by atoms with van der Waals surface area (Å²) in [6.45, 7) is 3.07. The van der Waals surface area contributed by atoms with Crippen LogP contribution < -0.4 is 15.0 Å². The highest BCUT2D eigenvalue weighted by Crippen LogP contribution is 2.29. The number of hydrogen-bond acceptors (Lipinski definition) is 3. The lowest BCUT2D eigenvalue weighted by atomic mass is 10.2. The first kappa shape index (κ1) is 13.5. The van der Waals surface area contributed by atoms with Crippen LogP contribution in [-0.2, 0) is 4.79 Å². The van der Waals surface area contributed by atoms with Crippen molar-refractivity contribution in [1.29, 1.82) is 0 Å². The van der Waals surface area contributed by atoms with Crippen molar-refractivity contribution in [3.63, 3.8) is 0 Å². The fourth-order valence-electron chi connectivity index (χ4n) is 2.50. The van der Waals surface area contributed by atoms with Gasteiger partial charge in [-0.3, -0.25) is 4.79 Å². The van der Waals surface area contributed by atoms with E-state index in [9.17, 15) is 4.79 Å². The molecule has 2 aromatic carbocycles. The second kappa shape index (κ2) is 5.87. The largest absolute Gasteiger partial charge is 0.477 e. The van der Waals surface area contributed by atoms with Crippen LogP contribution in [0, 0.1) is 0 Å². The molecule has 1 heterocycles. The van der Waals surface area contributed by atoms with E-state index in [0.717, 1.165) is 17.1 Å². The van der Waals surface area contributed by atoms with Gasteiger partial charge >= 0.3 is 0 Å². The number of nitrogens with zero attached hydrogens (tertiary/aromatic N) is 1. The van der Waals surface area contributed by atoms with Crippen LogP contribution in [0.1, 0.15) is 6.92 Å². The summed E-state index contributed by atoms with van der Waals surface area (Å²) >= 11 is 0. The molecule has 0 aliphatic carbocycles. The average Bonchev–Trinajstić information content (AvgIpc) is 2.56. The van der Waals surface area contributed by atoms with Gasteiger partial charge in [0.05, 0.1) is 12.2 Å². The predicted molar refractivity (Wildman–Crippen MR) is 83.8 cm³/mol. The number of benzene rings is 2. The number of rotatable bonds is 3. The van der Waals surface area contributed by atoms with Gasteiger partial charge in [0.25, 0.3) is 5.91 Å². The summed E-state index contributed by atoms with van der Waals surface area (Å²) in [6.07, 6.45) is -0.500. The lowest BCUT2D eigenvalue weighted by Crippen LogP contribution is -2.47. The molecule has 1 atom stereocenters. The number of para-hydroxylation sites is 3. The highest BCUT2D eigenvalue weighted by molar-refractivity contribution is 5.97. The molecule has 3 rings (SSSR count). The minimum absolute atomic E-state index is 0.0225. The average molecular weight is 282 g/mol. The van der Waals surface area contributed by atoms with Crippen molar-refractivity contribution in [1.82, 2.24) is 0 Å². The number of likely N-dealkylation sites (N-methyl/N-ethyl adjacent to an activating group) is 1. The molecule has 1 aliphatic rings. The van der Waals surface area contributed by atoms with Gasteiger partial charge in [-0.15, -0.1) is 0 Å². The molecule has 108 valence electrons. The Morgan fingerprint density at radius 3 is 2.67 bits per heavy atom. The van der Waals surface area contributed by atoms with Gasteiger partial charge in [-0.25, -0.2) is 0 Å². The van der Waals surface area contributed by atoms with E-state index in [0.29, 0.717) is 13.1 Å². The number of anilines is 2. The van der Waals surface area contributed by atoms with Crippen molar-refractivity contribution in [3.05, 3.63) is 54.6 Å². The highest BCUT2D eigenvalue weighted by atomic mass is 16.5. The van der Waals surface area contributed by atoms with Crippen molar-refractivity contribution < 1.29 is 9.53 Å². The molecule has 0 fully saturated rings. The third kappa shape index (κ3) is 2.70. The summed E-state index contributed by atoms with van der Waals surface area (Å²) in [5.74, 6) is 0.705. The van der Waals surface area contributed by atoms with Gasteiger partial charge in [-0.2, -0.15) is 0 Å². The van der Waals surface area contributed by atoms with Crippen molar-refractivity contribution in [3.8, 4) is 5.75 Å². The highest BCUT2D eigenvalue weighted by Gasteiger charge is 2.29. The summed E-state index contributed by atoms with van der Waals surface area (Å²) in [7, 11) is 0. The molecule has 1 unspecified atom stereocenters. The van der Waals surface area contributed by atoms with Gasteiger partial charge in [0.15, 0.2) is 6.10 Å². The maximum Gasteiger partial charge on any atom is 0.269 e. The molecule has 4 heteroatoms. The third-order valence-corrected chi connectivity index (χ3v) is 3.56. The molecular formula is C17H18N2O2. The Kier molecular flexibility index (Phi) is 3.77. The van der Waals surface area contributed by atoms with E-state index in [-0.39, 0.29) is 5.91 Å². The van der Waals surface area contributed by atoms with E-state index in [2.05, 4.69) is 5.32 Å². The molecule has 0 spiro atoms. The molecule has 0 bridgehead atoms. The minimum Gasteiger partial charge on any atom is -0.477 e. The fourth-order valence-corrected chi connectivity index (χ4v) is 2.50. The molecule has 0 saturated carbocycles. The zero-order chi connectivity index (χ0) is 14.7. The molecular weight excluding hydrogens is 264 g/mol. The number of carbonyl (C=O) groups is 1. The number of hydrogen-bond donors (Lipinski definition) is 1. The van der Waals surface area contributed by atoms with Gasteiger partial charge < -0.3 is 15.0 Å². The van der Waals surface area contributed by atoms with Gasteiger partial charge in [-0.1, -0.05) is 30.3 Å². The summed E-state index contributed by atoms with van der Waals surface area (Å²) in [4.78, 5) is 14.5. The molecule has 1 N–H and O–H groups in total. The second-order valence-corrected chi connectivity index (χ2v) is 4.90. The Morgan fingerprint density at radius 1 is 1.19 bits per heavy atom. The van der Waals surface area contributed by atoms with E-state index in [1.165, 1.54) is 0 Å². The Hall–Kier alpha value is -2.49. The summed E-state index contributed by atoms with van der Waals surface area (Å²) in [5.41, 5.74) is 1.83. The fraction of sp³-hybridized carbons (Fsp3) is 0.235. The summed E-state index contributed by atoms with van der Waals surface area (Å²) in [6, 6.07) is 17.3. The number of amides is 1. The molecule has 0 aromatic heterocycles. The topological polar surface area (TPSA) is 41.6 Å². The van der Waals surface area contributed by atoms with Crippen LogP contribution in [0.25, 0.3) is 0 Å². The number of fused-ring (bicyclic) bond motifs is 1. The lowest BCUT2D eigenvalue weighted by molar-refractivity contribution is -0.124. The van der Waals surface area contributed by atoms with Crippen LogP contribution in [0.15, 0.2) is 54.6 Å². The third-order valence-electron chi connectivity index (χ3n) is 3.56. The van der Waals surface area contributed by atoms with Gasteiger partial charge in [-0.05, 0) is 31.2 Å². The monoisotopic (exact) mass is 282 g/mol. The van der Waals surface area contributed by atoms with Crippen LogP contribution in [0.5, 0.6) is 5.75 Å². The molecule has 0 radical (unpaired) electrons. The quantitative estimate of drug-likeness (QED) is 0.941. The maximum absolute atomic E-state index is 12.7. The van der Waals surface area contributed by atoms with E-state index in [1.54, 1.807) is 4.90 Å². The first-order chi connectivity index (χ1) is 10.3. The SMILES string of the molecule is CCN(C(=O)C1CNc2ccccc2O1)c1ccccc1. The first-order valence-electron chi connectivity index (χ1n) is 7.15. The van der Waals surface area contributed by atoms with Crippen LogP contribution in [0.4, 0.5) is 11.4 Å². The molecule has 21 heavy (non-hydrogen) atoms. The van der Waals surface area contributed by atoms with Crippen molar-refractivity contribution in [2.24, 2.45) is 0 Å². The van der Waals surface area contributed by atoms with Crippen LogP contribution in [-0.4, -0.2) is 25.1 Å². The van der Waals surface area contributed by atoms with Gasteiger partial charge in [0, 0.05) is 12.2 Å². The molecule has 4 nitrogen and oxygen atoms in total. The standard InChI is InChI=1S/C17H18N2O2/c1-2-19(13-8-4-3-5-9-13)17(20)16-12-18-14-10-6-7-11-15(14)21-16/h3-11,16,18H,2,12H2,1H3. The number of carbonyl (C=O) groups excluding carboxylic acids is 1. The van der Waals surface area contributed by atoms with Crippen molar-refractivity contribution in [2.75, 3.05) is 23.3 Å². The van der Waals surface area contributed by atoms with Gasteiger partial charge in [0.2, 0.25) is 0 Å². The van der Waals surface area contributed by atoms with Crippen molar-refractivity contribution in [2.45, 2.75) is 13.0 Å². The smallest absolute Gasteiger partial charge is 0.269 e. The molecule has 0 saturated heterocycles. The number of ether oxygens (including phenoxy) is 1. The zero-order valence-electron chi connectivity index (χ0n) is 12.0. The van der Waals surface area contributed by atoms with Crippen molar-refractivity contribution >= 4 is 17.3 Å². The normalized spacial score (nSPS) is 16.3. The Morgan fingerprint density at radius 2 is 1.90 bits per heavy atom. The number of nitrogens with one attached hydrogen (secondary N) is 1. The first-order valence-corrected chi connectivity index (χ1v) is 7.15.